The summed E-state index contributed by atoms with van der Waals surface area (Å²) >= 11 is 0. The molecular formula is C9H14O. The summed E-state index contributed by atoms with van der Waals surface area (Å²) in [5, 5.41) is 9.13. The Morgan fingerprint density at radius 1 is 1.60 bits per heavy atom. The predicted molar refractivity (Wildman–Crippen MR) is 43.5 cm³/mol. The molecule has 0 atom stereocenters. The summed E-state index contributed by atoms with van der Waals surface area (Å²) in [6.07, 6.45) is 0.671. The molecule has 0 bridgehead atoms. The lowest BCUT2D eigenvalue weighted by Gasteiger charge is -2.05. The molecule has 10 heavy (non-hydrogen) atoms. The summed E-state index contributed by atoms with van der Waals surface area (Å²) in [5.74, 6) is 5.52. The third-order valence-corrected chi connectivity index (χ3v) is 0.784. The molecule has 0 fully saturated rings. The van der Waals surface area contributed by atoms with Crippen molar-refractivity contribution in [1.82, 2.24) is 0 Å². The first-order valence-electron chi connectivity index (χ1n) is 3.28. The van der Waals surface area contributed by atoms with Gasteiger partial charge in [-0.1, -0.05) is 24.0 Å². The highest BCUT2D eigenvalue weighted by atomic mass is 16.3. The van der Waals surface area contributed by atoms with Gasteiger partial charge in [0, 0.05) is 6.42 Å². The molecular weight excluding hydrogens is 124 g/mol. The minimum atomic E-state index is -0.866. The summed E-state index contributed by atoms with van der Waals surface area (Å²) in [6, 6.07) is 0. The molecule has 0 saturated carbocycles. The van der Waals surface area contributed by atoms with E-state index in [0.717, 1.165) is 5.57 Å². The van der Waals surface area contributed by atoms with Crippen LogP contribution in [0.3, 0.4) is 0 Å². The topological polar surface area (TPSA) is 20.2 Å². The van der Waals surface area contributed by atoms with Gasteiger partial charge in [0.25, 0.3) is 0 Å². The monoisotopic (exact) mass is 138 g/mol. The fourth-order valence-corrected chi connectivity index (χ4v) is 0.411. The molecule has 0 radical (unpaired) electrons. The second kappa shape index (κ2) is 3.43. The van der Waals surface area contributed by atoms with Crippen LogP contribution in [0.1, 0.15) is 27.2 Å². The molecule has 1 N–H and O–H groups in total. The van der Waals surface area contributed by atoms with E-state index in [9.17, 15) is 0 Å². The Labute approximate surface area is 62.8 Å². The number of rotatable bonds is 1. The molecule has 0 heterocycles. The maximum Gasteiger partial charge on any atom is 0.119 e. The van der Waals surface area contributed by atoms with Gasteiger partial charge in [-0.25, -0.2) is 0 Å². The lowest BCUT2D eigenvalue weighted by Crippen LogP contribution is -2.14. The van der Waals surface area contributed by atoms with E-state index in [2.05, 4.69) is 18.4 Å². The summed E-state index contributed by atoms with van der Waals surface area (Å²) in [4.78, 5) is 0. The fraction of sp³-hybridized carbons (Fsp3) is 0.556. The molecule has 0 aromatic carbocycles. The van der Waals surface area contributed by atoms with Crippen molar-refractivity contribution in [2.75, 3.05) is 0 Å². The van der Waals surface area contributed by atoms with E-state index < -0.39 is 5.60 Å². The molecule has 0 aliphatic carbocycles. The largest absolute Gasteiger partial charge is 0.378 e. The van der Waals surface area contributed by atoms with Gasteiger partial charge < -0.3 is 5.11 Å². The molecule has 0 aromatic heterocycles. The van der Waals surface area contributed by atoms with Crippen molar-refractivity contribution in [2.45, 2.75) is 32.8 Å². The summed E-state index contributed by atoms with van der Waals surface area (Å²) < 4.78 is 0. The first kappa shape index (κ1) is 9.26. The Morgan fingerprint density at radius 2 is 2.10 bits per heavy atom. The standard InChI is InChI=1S/C9H14O/c1-8(2)6-5-7-9(3,4)10/h10H,1,6H2,2-4H3. The van der Waals surface area contributed by atoms with E-state index in [0.29, 0.717) is 6.42 Å². The van der Waals surface area contributed by atoms with Crippen molar-refractivity contribution < 1.29 is 5.11 Å². The SMILES string of the molecule is C=C(C)CC#CC(C)(C)O. The first-order valence-corrected chi connectivity index (χ1v) is 3.28. The van der Waals surface area contributed by atoms with Gasteiger partial charge in [-0.05, 0) is 20.8 Å². The Balaban J connectivity index is 3.82. The van der Waals surface area contributed by atoms with E-state index in [1.54, 1.807) is 13.8 Å². The summed E-state index contributed by atoms with van der Waals surface area (Å²) in [7, 11) is 0. The molecule has 0 aliphatic heterocycles. The Hall–Kier alpha value is -0.740. The van der Waals surface area contributed by atoms with Crippen molar-refractivity contribution in [3.63, 3.8) is 0 Å². The van der Waals surface area contributed by atoms with Gasteiger partial charge in [0.15, 0.2) is 0 Å². The highest BCUT2D eigenvalue weighted by Crippen LogP contribution is 1.98. The molecule has 0 aromatic rings. The number of hydrogen-bond acceptors (Lipinski definition) is 1. The zero-order chi connectivity index (χ0) is 8.20. The van der Waals surface area contributed by atoms with Crippen molar-refractivity contribution in [3.05, 3.63) is 12.2 Å². The summed E-state index contributed by atoms with van der Waals surface area (Å²) in [6.45, 7) is 8.94. The maximum absolute atomic E-state index is 9.13. The van der Waals surface area contributed by atoms with Crippen LogP contribution < -0.4 is 0 Å². The zero-order valence-electron chi connectivity index (χ0n) is 6.86. The van der Waals surface area contributed by atoms with Crippen LogP contribution in [0.25, 0.3) is 0 Å². The van der Waals surface area contributed by atoms with Gasteiger partial charge in [-0.15, -0.1) is 0 Å². The van der Waals surface area contributed by atoms with Gasteiger partial charge in [0.05, 0.1) is 0 Å². The lowest BCUT2D eigenvalue weighted by molar-refractivity contribution is 0.143. The van der Waals surface area contributed by atoms with Crippen LogP contribution in [0.5, 0.6) is 0 Å². The minimum Gasteiger partial charge on any atom is -0.378 e. The Bertz CT molecular complexity index is 173. The zero-order valence-corrected chi connectivity index (χ0v) is 6.86. The van der Waals surface area contributed by atoms with E-state index >= 15 is 0 Å². The third kappa shape index (κ3) is 7.26. The number of hydrogen-bond donors (Lipinski definition) is 1. The molecule has 0 rings (SSSR count). The van der Waals surface area contributed by atoms with Crippen LogP contribution in [-0.2, 0) is 0 Å². The van der Waals surface area contributed by atoms with E-state index in [1.807, 2.05) is 6.92 Å². The van der Waals surface area contributed by atoms with Crippen LogP contribution in [-0.4, -0.2) is 10.7 Å². The van der Waals surface area contributed by atoms with E-state index in [1.165, 1.54) is 0 Å². The molecule has 1 heteroatoms. The van der Waals surface area contributed by atoms with Crippen molar-refractivity contribution in [3.8, 4) is 11.8 Å². The fourth-order valence-electron chi connectivity index (χ4n) is 0.411. The van der Waals surface area contributed by atoms with Crippen molar-refractivity contribution in [2.24, 2.45) is 0 Å². The van der Waals surface area contributed by atoms with Crippen LogP contribution in [0.2, 0.25) is 0 Å². The van der Waals surface area contributed by atoms with Gasteiger partial charge >= 0.3 is 0 Å². The maximum atomic E-state index is 9.13. The quantitative estimate of drug-likeness (QED) is 0.432. The van der Waals surface area contributed by atoms with Gasteiger partial charge in [0.1, 0.15) is 5.60 Å². The van der Waals surface area contributed by atoms with E-state index in [-0.39, 0.29) is 0 Å². The van der Waals surface area contributed by atoms with Crippen molar-refractivity contribution >= 4 is 0 Å². The van der Waals surface area contributed by atoms with Gasteiger partial charge in [-0.2, -0.15) is 0 Å². The van der Waals surface area contributed by atoms with Crippen LogP contribution in [0, 0.1) is 11.8 Å². The number of aliphatic hydroxyl groups is 1. The average molecular weight is 138 g/mol. The Morgan fingerprint density at radius 3 is 2.40 bits per heavy atom. The highest BCUT2D eigenvalue weighted by Gasteiger charge is 2.04. The second-order valence-electron chi connectivity index (χ2n) is 2.99. The first-order chi connectivity index (χ1) is 4.42. The predicted octanol–water partition coefficient (Wildman–Crippen LogP) is 1.73. The van der Waals surface area contributed by atoms with E-state index in [4.69, 9.17) is 5.11 Å². The summed E-state index contributed by atoms with van der Waals surface area (Å²) in [5.41, 5.74) is 0.159. The van der Waals surface area contributed by atoms with Crippen LogP contribution in [0.15, 0.2) is 12.2 Å². The van der Waals surface area contributed by atoms with Crippen LogP contribution >= 0.6 is 0 Å². The Kier molecular flexibility index (Phi) is 3.18. The van der Waals surface area contributed by atoms with Crippen LogP contribution in [0.4, 0.5) is 0 Å². The van der Waals surface area contributed by atoms with Gasteiger partial charge in [-0.3, -0.25) is 0 Å². The minimum absolute atomic E-state index is 0.671. The molecule has 56 valence electrons. The lowest BCUT2D eigenvalue weighted by atomic mass is 10.1. The molecule has 0 unspecified atom stereocenters. The average Bonchev–Trinajstić information content (AvgIpc) is 1.59. The molecule has 0 aliphatic rings. The van der Waals surface area contributed by atoms with Gasteiger partial charge in [0.2, 0.25) is 0 Å². The molecule has 0 saturated heterocycles. The molecule has 1 nitrogen and oxygen atoms in total. The normalized spacial score (nSPS) is 10.0. The molecule has 0 amide bonds. The smallest absolute Gasteiger partial charge is 0.119 e. The number of allylic oxidation sites excluding steroid dienone is 1. The second-order valence-corrected chi connectivity index (χ2v) is 2.99. The molecule has 0 spiro atoms. The van der Waals surface area contributed by atoms with Crippen molar-refractivity contribution in [1.29, 1.82) is 0 Å². The third-order valence-electron chi connectivity index (χ3n) is 0.784. The highest BCUT2D eigenvalue weighted by molar-refractivity contribution is 5.14.